The fraction of sp³-hybridized carbons (Fsp3) is 0. The van der Waals surface area contributed by atoms with Crippen molar-refractivity contribution in [3.63, 3.8) is 0 Å². The van der Waals surface area contributed by atoms with Crippen LogP contribution in [0.3, 0.4) is 0 Å². The highest BCUT2D eigenvalue weighted by atomic mass is 15.0. The van der Waals surface area contributed by atoms with E-state index < -0.39 is 0 Å². The summed E-state index contributed by atoms with van der Waals surface area (Å²) in [6.45, 7) is 7.81. The number of para-hydroxylation sites is 5. The fourth-order valence-corrected chi connectivity index (χ4v) is 8.76. The van der Waals surface area contributed by atoms with Gasteiger partial charge in [-0.15, -0.1) is 0 Å². The van der Waals surface area contributed by atoms with Crippen LogP contribution >= 0.6 is 0 Å². The quantitative estimate of drug-likeness (QED) is 0.169. The predicted molar refractivity (Wildman–Crippen MR) is 226 cm³/mol. The normalized spacial score (nSPS) is 11.6. The zero-order valence-corrected chi connectivity index (χ0v) is 29.5. The Balaban J connectivity index is 1.22. The van der Waals surface area contributed by atoms with Gasteiger partial charge in [0.2, 0.25) is 0 Å². The number of benzene rings is 8. The van der Waals surface area contributed by atoms with Crippen molar-refractivity contribution in [3.05, 3.63) is 193 Å². The summed E-state index contributed by atoms with van der Waals surface area (Å²) < 4.78 is 6.99. The maximum absolute atomic E-state index is 10.3. The molecule has 11 aromatic rings. The molecule has 5 heteroatoms. The molecular formula is C50H29N5. The topological polar surface area (TPSA) is 42.9 Å². The van der Waals surface area contributed by atoms with E-state index in [1.807, 2.05) is 36.4 Å². The molecule has 0 N–H and O–H groups in total. The molecule has 3 heterocycles. The van der Waals surface area contributed by atoms with Gasteiger partial charge in [0.25, 0.3) is 0 Å². The van der Waals surface area contributed by atoms with Crippen LogP contribution in [0.25, 0.3) is 98.5 Å². The van der Waals surface area contributed by atoms with Crippen LogP contribution in [-0.4, -0.2) is 13.7 Å². The first-order valence-corrected chi connectivity index (χ1v) is 18.3. The van der Waals surface area contributed by atoms with Crippen molar-refractivity contribution >= 4 is 71.1 Å². The van der Waals surface area contributed by atoms with Crippen molar-refractivity contribution in [2.75, 3.05) is 0 Å². The highest BCUT2D eigenvalue weighted by Gasteiger charge is 2.22. The summed E-state index contributed by atoms with van der Waals surface area (Å²) in [5, 5.41) is 17.2. The summed E-state index contributed by atoms with van der Waals surface area (Å²) in [5.74, 6) is 0. The van der Waals surface area contributed by atoms with Crippen molar-refractivity contribution in [1.82, 2.24) is 13.7 Å². The van der Waals surface area contributed by atoms with Crippen LogP contribution in [0.2, 0.25) is 0 Å². The molecule has 0 amide bonds. The number of fused-ring (bicyclic) bond motifs is 9. The SMILES string of the molecule is [C-]#[N+]c1ccc2c3ccccc3n(-c3ccc(C#N)cc3-c3ccccc3-n3c4ccccc4c4ccc(-n5c6ccccc6c6ccccc65)cc43)c2c1. The summed E-state index contributed by atoms with van der Waals surface area (Å²) in [7, 11) is 0. The Hall–Kier alpha value is -7.86. The van der Waals surface area contributed by atoms with Crippen LogP contribution in [0, 0.1) is 17.9 Å². The summed E-state index contributed by atoms with van der Waals surface area (Å²) >= 11 is 0. The van der Waals surface area contributed by atoms with Crippen molar-refractivity contribution in [2.45, 2.75) is 0 Å². The maximum atomic E-state index is 10.3. The largest absolute Gasteiger partial charge is 0.310 e. The molecule has 0 aliphatic rings. The van der Waals surface area contributed by atoms with Gasteiger partial charge in [0.1, 0.15) is 0 Å². The Bertz CT molecular complexity index is 3420. The first kappa shape index (κ1) is 30.7. The van der Waals surface area contributed by atoms with Gasteiger partial charge in [0.05, 0.1) is 57.2 Å². The lowest BCUT2D eigenvalue weighted by Crippen LogP contribution is -2.02. The standard InChI is InChI=1S/C50H29N5/c1-52-33-23-25-40-37-14-4-10-20-46(37)55(49(40)29-33)48-27-22-32(31-51)28-42(48)39-16-6-11-21-47(39)54-45-19-9-5-15-38(45)41-26-24-34(30-50(41)54)53-43-17-7-2-12-35(43)36-13-3-8-18-44(36)53/h2-30H. The maximum Gasteiger partial charge on any atom is 0.189 e. The second-order valence-corrected chi connectivity index (χ2v) is 14.0. The molecule has 8 aromatic carbocycles. The number of nitrogens with zero attached hydrogens (tertiary/aromatic N) is 5. The third kappa shape index (κ3) is 4.45. The molecule has 11 rings (SSSR count). The van der Waals surface area contributed by atoms with E-state index in [9.17, 15) is 5.26 Å². The first-order valence-electron chi connectivity index (χ1n) is 18.3. The van der Waals surface area contributed by atoms with Gasteiger partial charge in [0.15, 0.2) is 5.69 Å². The fourth-order valence-electron chi connectivity index (χ4n) is 8.76. The van der Waals surface area contributed by atoms with Gasteiger partial charge >= 0.3 is 0 Å². The average Bonchev–Trinajstić information content (AvgIpc) is 3.88. The van der Waals surface area contributed by atoms with E-state index >= 15 is 0 Å². The van der Waals surface area contributed by atoms with E-state index in [1.165, 1.54) is 16.2 Å². The second-order valence-electron chi connectivity index (χ2n) is 14.0. The Morgan fingerprint density at radius 1 is 0.400 bits per heavy atom. The first-order chi connectivity index (χ1) is 27.2. The molecule has 0 radical (unpaired) electrons. The average molecular weight is 700 g/mol. The third-order valence-electron chi connectivity index (χ3n) is 11.1. The highest BCUT2D eigenvalue weighted by molar-refractivity contribution is 6.13. The zero-order chi connectivity index (χ0) is 36.6. The molecule has 254 valence electrons. The molecule has 5 nitrogen and oxygen atoms in total. The molecule has 0 bridgehead atoms. The summed E-state index contributed by atoms with van der Waals surface area (Å²) in [6.07, 6.45) is 0. The van der Waals surface area contributed by atoms with Crippen LogP contribution in [-0.2, 0) is 0 Å². The minimum absolute atomic E-state index is 0.576. The van der Waals surface area contributed by atoms with Gasteiger partial charge in [0, 0.05) is 54.6 Å². The molecule has 0 unspecified atom stereocenters. The van der Waals surface area contributed by atoms with Gasteiger partial charge in [-0.2, -0.15) is 5.26 Å². The molecule has 0 atom stereocenters. The van der Waals surface area contributed by atoms with E-state index in [1.54, 1.807) is 0 Å². The van der Waals surface area contributed by atoms with Crippen molar-refractivity contribution in [3.8, 4) is 34.3 Å². The number of hydrogen-bond donors (Lipinski definition) is 0. The second kappa shape index (κ2) is 11.8. The van der Waals surface area contributed by atoms with Crippen LogP contribution in [0.4, 0.5) is 5.69 Å². The van der Waals surface area contributed by atoms with Gasteiger partial charge in [-0.1, -0.05) is 109 Å². The van der Waals surface area contributed by atoms with Gasteiger partial charge in [-0.3, -0.25) is 0 Å². The summed E-state index contributed by atoms with van der Waals surface area (Å²) in [5.41, 5.74) is 12.6. The number of nitriles is 1. The van der Waals surface area contributed by atoms with Crippen LogP contribution in [0.1, 0.15) is 5.56 Å². The number of rotatable bonds is 4. The zero-order valence-electron chi connectivity index (χ0n) is 29.5. The summed E-state index contributed by atoms with van der Waals surface area (Å²) in [6, 6.07) is 63.8. The smallest absolute Gasteiger partial charge is 0.189 e. The molecule has 0 saturated heterocycles. The Labute approximate surface area is 316 Å². The predicted octanol–water partition coefficient (Wildman–Crippen LogP) is 13.1. The van der Waals surface area contributed by atoms with Gasteiger partial charge in [-0.05, 0) is 66.7 Å². The van der Waals surface area contributed by atoms with Crippen molar-refractivity contribution in [2.24, 2.45) is 0 Å². The van der Waals surface area contributed by atoms with Crippen LogP contribution in [0.15, 0.2) is 176 Å². The van der Waals surface area contributed by atoms with E-state index in [2.05, 4.69) is 164 Å². The third-order valence-corrected chi connectivity index (χ3v) is 11.1. The minimum atomic E-state index is 0.576. The van der Waals surface area contributed by atoms with Crippen LogP contribution in [0.5, 0.6) is 0 Å². The molecule has 55 heavy (non-hydrogen) atoms. The van der Waals surface area contributed by atoms with Crippen LogP contribution < -0.4 is 0 Å². The van der Waals surface area contributed by atoms with E-state index in [0.29, 0.717) is 11.3 Å². The number of hydrogen-bond acceptors (Lipinski definition) is 1. The molecule has 0 spiro atoms. The Morgan fingerprint density at radius 3 is 1.45 bits per heavy atom. The lowest BCUT2D eigenvalue weighted by Gasteiger charge is -2.19. The minimum Gasteiger partial charge on any atom is -0.310 e. The molecule has 0 saturated carbocycles. The molecule has 3 aromatic heterocycles. The lowest BCUT2D eigenvalue weighted by atomic mass is 9.98. The molecule has 0 aliphatic carbocycles. The van der Waals surface area contributed by atoms with Crippen molar-refractivity contribution in [1.29, 1.82) is 5.26 Å². The molecule has 0 aliphatic heterocycles. The van der Waals surface area contributed by atoms with Gasteiger partial charge in [-0.25, -0.2) is 4.85 Å². The molecule has 0 fully saturated rings. The summed E-state index contributed by atoms with van der Waals surface area (Å²) in [4.78, 5) is 3.79. The Morgan fingerprint density at radius 2 is 0.873 bits per heavy atom. The number of aromatic nitrogens is 3. The van der Waals surface area contributed by atoms with Crippen molar-refractivity contribution < 1.29 is 0 Å². The van der Waals surface area contributed by atoms with E-state index in [0.717, 1.165) is 77.4 Å². The highest BCUT2D eigenvalue weighted by Crippen LogP contribution is 2.42. The lowest BCUT2D eigenvalue weighted by molar-refractivity contribution is 1.15. The van der Waals surface area contributed by atoms with E-state index in [-0.39, 0.29) is 0 Å². The Kier molecular flexibility index (Phi) is 6.61. The van der Waals surface area contributed by atoms with Gasteiger partial charge < -0.3 is 13.7 Å². The monoisotopic (exact) mass is 699 g/mol. The molecular weight excluding hydrogens is 671 g/mol. The van der Waals surface area contributed by atoms with E-state index in [4.69, 9.17) is 6.57 Å².